The highest BCUT2D eigenvalue weighted by Gasteiger charge is 2.11. The first kappa shape index (κ1) is 12.6. The van der Waals surface area contributed by atoms with Crippen molar-refractivity contribution in [1.29, 1.82) is 0 Å². The molecule has 1 aromatic carbocycles. The Morgan fingerprint density at radius 1 is 1.39 bits per heavy atom. The van der Waals surface area contributed by atoms with Crippen molar-refractivity contribution in [2.24, 2.45) is 0 Å². The molecule has 0 amide bonds. The smallest absolute Gasteiger partial charge is 0.128 e. The zero-order valence-electron chi connectivity index (χ0n) is 10.6. The Labute approximate surface area is 106 Å². The van der Waals surface area contributed by atoms with Gasteiger partial charge in [0.1, 0.15) is 5.75 Å². The summed E-state index contributed by atoms with van der Waals surface area (Å²) in [6.07, 6.45) is 2.37. The van der Waals surface area contributed by atoms with Gasteiger partial charge in [-0.15, -0.1) is 5.10 Å². The average Bonchev–Trinajstić information content (AvgIpc) is 2.84. The number of aliphatic hydroxyl groups excluding tert-OH is 1. The van der Waals surface area contributed by atoms with Gasteiger partial charge in [0.25, 0.3) is 0 Å². The zero-order valence-corrected chi connectivity index (χ0v) is 10.6. The highest BCUT2D eigenvalue weighted by atomic mass is 16.5. The molecule has 0 aliphatic heterocycles. The molecule has 0 aliphatic carbocycles. The number of rotatable bonds is 5. The van der Waals surface area contributed by atoms with Crippen LogP contribution >= 0.6 is 0 Å². The van der Waals surface area contributed by atoms with Gasteiger partial charge in [0, 0.05) is 18.7 Å². The van der Waals surface area contributed by atoms with E-state index in [4.69, 9.17) is 9.84 Å². The summed E-state index contributed by atoms with van der Waals surface area (Å²) in [4.78, 5) is 0. The van der Waals surface area contributed by atoms with Crippen LogP contribution in [0.25, 0.3) is 11.3 Å². The number of ether oxygens (including phenoxy) is 1. The van der Waals surface area contributed by atoms with E-state index in [0.29, 0.717) is 13.0 Å². The molecule has 0 spiro atoms. The van der Waals surface area contributed by atoms with Crippen molar-refractivity contribution in [2.75, 3.05) is 13.7 Å². The second-order valence-electron chi connectivity index (χ2n) is 4.12. The second-order valence-corrected chi connectivity index (χ2v) is 4.12. The molecule has 0 unspecified atom stereocenters. The molecular formula is C13H17N3O2. The number of hydrogen-bond donors (Lipinski definition) is 1. The van der Waals surface area contributed by atoms with Gasteiger partial charge in [0.05, 0.1) is 19.0 Å². The molecule has 1 heterocycles. The molecular weight excluding hydrogens is 230 g/mol. The predicted molar refractivity (Wildman–Crippen MR) is 68.4 cm³/mol. The van der Waals surface area contributed by atoms with Gasteiger partial charge in [0.15, 0.2) is 0 Å². The molecule has 0 saturated carbocycles. The lowest BCUT2D eigenvalue weighted by Crippen LogP contribution is -2.05. The molecule has 2 rings (SSSR count). The molecule has 2 aromatic rings. The highest BCUT2D eigenvalue weighted by molar-refractivity contribution is 5.67. The van der Waals surface area contributed by atoms with E-state index in [0.717, 1.165) is 22.6 Å². The number of nitrogens with zero attached hydrogens (tertiary/aromatic N) is 3. The summed E-state index contributed by atoms with van der Waals surface area (Å²) in [5.41, 5.74) is 3.03. The first-order chi connectivity index (χ1) is 8.76. The quantitative estimate of drug-likeness (QED) is 0.872. The van der Waals surface area contributed by atoms with Crippen LogP contribution in [0.2, 0.25) is 0 Å². The number of benzene rings is 1. The number of aliphatic hydroxyl groups is 1. The first-order valence-corrected chi connectivity index (χ1v) is 5.90. The highest BCUT2D eigenvalue weighted by Crippen LogP contribution is 2.30. The maximum Gasteiger partial charge on any atom is 0.128 e. The van der Waals surface area contributed by atoms with E-state index >= 15 is 0 Å². The number of aromatic nitrogens is 3. The van der Waals surface area contributed by atoms with E-state index in [9.17, 15) is 0 Å². The van der Waals surface area contributed by atoms with E-state index in [1.807, 2.05) is 25.1 Å². The van der Waals surface area contributed by atoms with Crippen molar-refractivity contribution in [3.05, 3.63) is 30.0 Å². The van der Waals surface area contributed by atoms with Crippen LogP contribution in [0, 0.1) is 6.92 Å². The zero-order chi connectivity index (χ0) is 13.0. The number of methoxy groups -OCH3 is 1. The minimum Gasteiger partial charge on any atom is -0.496 e. The Kier molecular flexibility index (Phi) is 3.94. The van der Waals surface area contributed by atoms with Gasteiger partial charge < -0.3 is 9.84 Å². The Morgan fingerprint density at radius 2 is 2.22 bits per heavy atom. The normalized spacial score (nSPS) is 10.6. The maximum absolute atomic E-state index is 8.89. The number of hydrogen-bond acceptors (Lipinski definition) is 4. The molecule has 0 radical (unpaired) electrons. The second kappa shape index (κ2) is 5.64. The van der Waals surface area contributed by atoms with Gasteiger partial charge in [-0.1, -0.05) is 16.8 Å². The molecule has 1 aromatic heterocycles. The molecule has 0 atom stereocenters. The van der Waals surface area contributed by atoms with Crippen molar-refractivity contribution in [2.45, 2.75) is 19.9 Å². The lowest BCUT2D eigenvalue weighted by Gasteiger charge is -2.10. The van der Waals surface area contributed by atoms with Gasteiger partial charge in [-0.05, 0) is 25.5 Å². The van der Waals surface area contributed by atoms with Crippen LogP contribution in [0.15, 0.2) is 24.4 Å². The molecule has 5 heteroatoms. The molecule has 5 nitrogen and oxygen atoms in total. The molecule has 1 N–H and O–H groups in total. The number of aryl methyl sites for hydroxylation is 2. The molecule has 96 valence electrons. The molecule has 0 saturated heterocycles. The fourth-order valence-electron chi connectivity index (χ4n) is 1.87. The standard InChI is InChI=1S/C13H17N3O2/c1-10-4-5-13(18-2)11(8-10)12-9-14-15-16(12)6-3-7-17/h4-5,8-9,17H,3,6-7H2,1-2H3. The minimum atomic E-state index is 0.143. The van der Waals surface area contributed by atoms with Crippen LogP contribution in [0.3, 0.4) is 0 Å². The molecule has 0 aliphatic rings. The molecule has 0 bridgehead atoms. The van der Waals surface area contributed by atoms with E-state index in [1.54, 1.807) is 18.0 Å². The van der Waals surface area contributed by atoms with Gasteiger partial charge in [-0.25, -0.2) is 4.68 Å². The van der Waals surface area contributed by atoms with Crippen LogP contribution in [0.5, 0.6) is 5.75 Å². The largest absolute Gasteiger partial charge is 0.496 e. The average molecular weight is 247 g/mol. The van der Waals surface area contributed by atoms with E-state index in [-0.39, 0.29) is 6.61 Å². The van der Waals surface area contributed by atoms with Crippen molar-refractivity contribution in [3.63, 3.8) is 0 Å². The van der Waals surface area contributed by atoms with Crippen molar-refractivity contribution in [1.82, 2.24) is 15.0 Å². The predicted octanol–water partition coefficient (Wildman–Crippen LogP) is 1.64. The summed E-state index contributed by atoms with van der Waals surface area (Å²) in [6, 6.07) is 5.99. The summed E-state index contributed by atoms with van der Waals surface area (Å²) in [6.45, 7) is 2.82. The molecule has 18 heavy (non-hydrogen) atoms. The van der Waals surface area contributed by atoms with Gasteiger partial charge in [-0.3, -0.25) is 0 Å². The van der Waals surface area contributed by atoms with Crippen LogP contribution < -0.4 is 4.74 Å². The first-order valence-electron chi connectivity index (χ1n) is 5.90. The fourth-order valence-corrected chi connectivity index (χ4v) is 1.87. The summed E-state index contributed by atoms with van der Waals surface area (Å²) < 4.78 is 7.15. The van der Waals surface area contributed by atoms with Crippen molar-refractivity contribution in [3.8, 4) is 17.0 Å². The Balaban J connectivity index is 2.41. The van der Waals surface area contributed by atoms with Gasteiger partial charge in [0.2, 0.25) is 0 Å². The van der Waals surface area contributed by atoms with E-state index < -0.39 is 0 Å². The Morgan fingerprint density at radius 3 is 2.94 bits per heavy atom. The van der Waals surface area contributed by atoms with Crippen LogP contribution in [-0.4, -0.2) is 33.8 Å². The fraction of sp³-hybridized carbons (Fsp3) is 0.385. The van der Waals surface area contributed by atoms with Crippen molar-refractivity contribution < 1.29 is 9.84 Å². The third-order valence-electron chi connectivity index (χ3n) is 2.78. The van der Waals surface area contributed by atoms with E-state index in [1.165, 1.54) is 0 Å². The summed E-state index contributed by atoms with van der Waals surface area (Å²) in [7, 11) is 1.65. The Hall–Kier alpha value is -1.88. The van der Waals surface area contributed by atoms with Gasteiger partial charge in [-0.2, -0.15) is 0 Å². The summed E-state index contributed by atoms with van der Waals surface area (Å²) in [5.74, 6) is 0.799. The Bertz CT molecular complexity index is 523. The molecule has 0 fully saturated rings. The van der Waals surface area contributed by atoms with Gasteiger partial charge >= 0.3 is 0 Å². The summed E-state index contributed by atoms with van der Waals surface area (Å²) in [5, 5.41) is 16.9. The topological polar surface area (TPSA) is 60.2 Å². The SMILES string of the molecule is COc1ccc(C)cc1-c1cnnn1CCCO. The lowest BCUT2D eigenvalue weighted by atomic mass is 10.1. The summed E-state index contributed by atoms with van der Waals surface area (Å²) >= 11 is 0. The van der Waals surface area contributed by atoms with Crippen LogP contribution in [-0.2, 0) is 6.54 Å². The minimum absolute atomic E-state index is 0.143. The van der Waals surface area contributed by atoms with Crippen LogP contribution in [0.1, 0.15) is 12.0 Å². The van der Waals surface area contributed by atoms with E-state index in [2.05, 4.69) is 10.3 Å². The monoisotopic (exact) mass is 247 g/mol. The van der Waals surface area contributed by atoms with Crippen LogP contribution in [0.4, 0.5) is 0 Å². The third kappa shape index (κ3) is 2.51. The maximum atomic E-state index is 8.89. The van der Waals surface area contributed by atoms with Crippen molar-refractivity contribution >= 4 is 0 Å². The lowest BCUT2D eigenvalue weighted by molar-refractivity contribution is 0.276. The third-order valence-corrected chi connectivity index (χ3v) is 2.78.